The maximum Gasteiger partial charge on any atom is 0.256 e. The van der Waals surface area contributed by atoms with Crippen molar-refractivity contribution in [1.29, 1.82) is 0 Å². The van der Waals surface area contributed by atoms with Gasteiger partial charge in [0.05, 0.1) is 17.0 Å². The van der Waals surface area contributed by atoms with E-state index in [0.717, 1.165) is 24.4 Å². The fraction of sp³-hybridized carbons (Fsp3) is 0.529. The Balaban J connectivity index is 1.65. The number of hydrogen-bond acceptors (Lipinski definition) is 7. The molecule has 0 radical (unpaired) electrons. The molecular formula is C17H24N6O2S. The number of rotatable bonds is 5. The van der Waals surface area contributed by atoms with Gasteiger partial charge in [-0.2, -0.15) is 4.37 Å². The summed E-state index contributed by atoms with van der Waals surface area (Å²) in [6.45, 7) is 3.84. The molecule has 1 N–H and O–H groups in total. The molecule has 8 nitrogen and oxygen atoms in total. The van der Waals surface area contributed by atoms with E-state index < -0.39 is 0 Å². The van der Waals surface area contributed by atoms with Gasteiger partial charge >= 0.3 is 0 Å². The van der Waals surface area contributed by atoms with E-state index in [2.05, 4.69) is 19.2 Å². The standard InChI is InChI=1S/C17H24N6O2S/c1-11-14(10-26-20-11)16(25)23-6-5-13(9-23)22(4)8-12-7-15(24)19-17(18-12)21(2)3/h7,10,13H,5-6,8-9H2,1-4H3,(H,18,19,24)/t13-/m1/s1. The molecule has 140 valence electrons. The Morgan fingerprint density at radius 2 is 2.19 bits per heavy atom. The molecule has 1 saturated heterocycles. The molecule has 1 amide bonds. The maximum absolute atomic E-state index is 12.6. The Morgan fingerprint density at radius 3 is 2.85 bits per heavy atom. The molecule has 2 aromatic rings. The Morgan fingerprint density at radius 1 is 1.42 bits per heavy atom. The lowest BCUT2D eigenvalue weighted by atomic mass is 10.2. The van der Waals surface area contributed by atoms with E-state index in [4.69, 9.17) is 0 Å². The smallest absolute Gasteiger partial charge is 0.256 e. The van der Waals surface area contributed by atoms with E-state index in [0.29, 0.717) is 24.6 Å². The van der Waals surface area contributed by atoms with E-state index in [1.165, 1.54) is 17.6 Å². The second kappa shape index (κ2) is 7.55. The summed E-state index contributed by atoms with van der Waals surface area (Å²) in [7, 11) is 5.69. The predicted octanol–water partition coefficient (Wildman–Crippen LogP) is 0.947. The number of amides is 1. The molecule has 0 bridgehead atoms. The molecule has 3 heterocycles. The largest absolute Gasteiger partial charge is 0.348 e. The number of carbonyl (C=O) groups is 1. The number of nitrogens with one attached hydrogen (secondary N) is 1. The van der Waals surface area contributed by atoms with Crippen LogP contribution in [0.1, 0.15) is 28.2 Å². The van der Waals surface area contributed by atoms with E-state index in [1.807, 2.05) is 38.3 Å². The van der Waals surface area contributed by atoms with E-state index in [9.17, 15) is 9.59 Å². The first-order chi connectivity index (χ1) is 12.3. The molecule has 1 atom stereocenters. The molecule has 0 spiro atoms. The zero-order valence-electron chi connectivity index (χ0n) is 15.5. The van der Waals surface area contributed by atoms with Gasteiger partial charge in [0.25, 0.3) is 11.5 Å². The molecule has 26 heavy (non-hydrogen) atoms. The lowest BCUT2D eigenvalue weighted by Gasteiger charge is -2.24. The summed E-state index contributed by atoms with van der Waals surface area (Å²) in [6, 6.07) is 1.77. The summed E-state index contributed by atoms with van der Waals surface area (Å²) in [5.41, 5.74) is 2.06. The molecule has 2 aromatic heterocycles. The second-order valence-electron chi connectivity index (χ2n) is 6.88. The van der Waals surface area contributed by atoms with E-state index >= 15 is 0 Å². The van der Waals surface area contributed by atoms with Crippen LogP contribution in [0.4, 0.5) is 5.95 Å². The van der Waals surface area contributed by atoms with Gasteiger partial charge in [0, 0.05) is 51.2 Å². The highest BCUT2D eigenvalue weighted by molar-refractivity contribution is 7.03. The summed E-state index contributed by atoms with van der Waals surface area (Å²) in [6.07, 6.45) is 0.905. The number of aryl methyl sites for hydroxylation is 1. The van der Waals surface area contributed by atoms with Gasteiger partial charge in [0.1, 0.15) is 0 Å². The Hall–Kier alpha value is -2.26. The molecule has 1 fully saturated rings. The number of likely N-dealkylation sites (N-methyl/N-ethyl adjacent to an activating group) is 1. The minimum absolute atomic E-state index is 0.0522. The number of H-pyrrole nitrogens is 1. The molecular weight excluding hydrogens is 352 g/mol. The van der Waals surface area contributed by atoms with Crippen LogP contribution in [-0.4, -0.2) is 70.3 Å². The molecule has 0 unspecified atom stereocenters. The van der Waals surface area contributed by atoms with E-state index in [1.54, 1.807) is 4.90 Å². The van der Waals surface area contributed by atoms with Gasteiger partial charge < -0.3 is 9.80 Å². The van der Waals surface area contributed by atoms with Gasteiger partial charge in [-0.3, -0.25) is 19.5 Å². The van der Waals surface area contributed by atoms with Crippen molar-refractivity contribution >= 4 is 23.4 Å². The Bertz CT molecular complexity index is 846. The van der Waals surface area contributed by atoms with Gasteiger partial charge in [0.15, 0.2) is 0 Å². The minimum atomic E-state index is -0.157. The minimum Gasteiger partial charge on any atom is -0.348 e. The summed E-state index contributed by atoms with van der Waals surface area (Å²) in [5.74, 6) is 0.598. The molecule has 1 aliphatic rings. The van der Waals surface area contributed by atoms with Gasteiger partial charge in [-0.15, -0.1) is 0 Å². The first-order valence-electron chi connectivity index (χ1n) is 8.53. The number of anilines is 1. The third kappa shape index (κ3) is 3.94. The van der Waals surface area contributed by atoms with E-state index in [-0.39, 0.29) is 17.5 Å². The average molecular weight is 376 g/mol. The quantitative estimate of drug-likeness (QED) is 0.836. The van der Waals surface area contributed by atoms with Crippen LogP contribution in [-0.2, 0) is 6.54 Å². The fourth-order valence-electron chi connectivity index (χ4n) is 3.13. The maximum atomic E-state index is 12.6. The molecule has 0 saturated carbocycles. The number of aromatic amines is 1. The summed E-state index contributed by atoms with van der Waals surface area (Å²) >= 11 is 1.31. The molecule has 3 rings (SSSR count). The number of nitrogens with zero attached hydrogens (tertiary/aromatic N) is 5. The van der Waals surface area contributed by atoms with Crippen LogP contribution in [0.2, 0.25) is 0 Å². The predicted molar refractivity (Wildman–Crippen MR) is 102 cm³/mol. The van der Waals surface area contributed by atoms with Crippen molar-refractivity contribution in [2.75, 3.05) is 39.1 Å². The van der Waals surface area contributed by atoms with Crippen molar-refractivity contribution in [3.05, 3.63) is 38.8 Å². The summed E-state index contributed by atoms with van der Waals surface area (Å²) in [5, 5.41) is 1.82. The molecule has 9 heteroatoms. The third-order valence-electron chi connectivity index (χ3n) is 4.67. The van der Waals surface area contributed by atoms with Crippen molar-refractivity contribution < 1.29 is 4.79 Å². The summed E-state index contributed by atoms with van der Waals surface area (Å²) < 4.78 is 4.19. The average Bonchev–Trinajstić information content (AvgIpc) is 3.22. The molecule has 0 aromatic carbocycles. The van der Waals surface area contributed by atoms with Gasteiger partial charge in [-0.25, -0.2) is 4.98 Å². The van der Waals surface area contributed by atoms with Crippen LogP contribution in [0.3, 0.4) is 0 Å². The SMILES string of the molecule is Cc1nscc1C(=O)N1CC[C@@H](N(C)Cc2cc(=O)[nH]c(N(C)C)n2)C1. The van der Waals surface area contributed by atoms with Crippen LogP contribution in [0.25, 0.3) is 0 Å². The molecule has 1 aliphatic heterocycles. The summed E-state index contributed by atoms with van der Waals surface area (Å²) in [4.78, 5) is 37.5. The third-order valence-corrected chi connectivity index (χ3v) is 5.39. The second-order valence-corrected chi connectivity index (χ2v) is 7.51. The van der Waals surface area contributed by atoms with Crippen molar-refractivity contribution in [3.8, 4) is 0 Å². The normalized spacial score (nSPS) is 17.1. The molecule has 0 aliphatic carbocycles. The lowest BCUT2D eigenvalue weighted by Crippen LogP contribution is -2.36. The zero-order chi connectivity index (χ0) is 18.8. The van der Waals surface area contributed by atoms with Crippen molar-refractivity contribution in [3.63, 3.8) is 0 Å². The zero-order valence-corrected chi connectivity index (χ0v) is 16.3. The first kappa shape index (κ1) is 18.5. The van der Waals surface area contributed by atoms with Gasteiger partial charge in [-0.1, -0.05) is 0 Å². The van der Waals surface area contributed by atoms with Crippen molar-refractivity contribution in [2.45, 2.75) is 25.9 Å². The Labute approximate surface area is 156 Å². The number of aromatic nitrogens is 3. The monoisotopic (exact) mass is 376 g/mol. The van der Waals surface area contributed by atoms with Gasteiger partial charge in [0.2, 0.25) is 5.95 Å². The lowest BCUT2D eigenvalue weighted by molar-refractivity contribution is 0.0779. The van der Waals surface area contributed by atoms with Crippen LogP contribution in [0.15, 0.2) is 16.2 Å². The van der Waals surface area contributed by atoms with Crippen LogP contribution in [0, 0.1) is 6.92 Å². The van der Waals surface area contributed by atoms with Gasteiger partial charge in [-0.05, 0) is 31.9 Å². The topological polar surface area (TPSA) is 85.4 Å². The first-order valence-corrected chi connectivity index (χ1v) is 9.37. The highest BCUT2D eigenvalue weighted by Crippen LogP contribution is 2.20. The highest BCUT2D eigenvalue weighted by atomic mass is 32.1. The number of hydrogen-bond donors (Lipinski definition) is 1. The van der Waals surface area contributed by atoms with Crippen molar-refractivity contribution in [2.24, 2.45) is 0 Å². The van der Waals surface area contributed by atoms with Crippen LogP contribution in [0.5, 0.6) is 0 Å². The van der Waals surface area contributed by atoms with Crippen LogP contribution < -0.4 is 10.5 Å². The van der Waals surface area contributed by atoms with Crippen LogP contribution >= 0.6 is 11.5 Å². The number of likely N-dealkylation sites (tertiary alicyclic amines) is 1. The Kier molecular flexibility index (Phi) is 5.38. The number of carbonyl (C=O) groups excluding carboxylic acids is 1. The van der Waals surface area contributed by atoms with Crippen molar-refractivity contribution in [1.82, 2.24) is 24.1 Å². The fourth-order valence-corrected chi connectivity index (χ4v) is 3.81. The highest BCUT2D eigenvalue weighted by Gasteiger charge is 2.30.